The topological polar surface area (TPSA) is 32.6 Å². The third kappa shape index (κ3) is 5.21. The number of rotatable bonds is 2. The molecule has 0 heterocycles. The molecule has 0 aliphatic rings. The van der Waals surface area contributed by atoms with Crippen molar-refractivity contribution in [1.29, 1.82) is 0 Å². The van der Waals surface area contributed by atoms with Gasteiger partial charge in [-0.15, -0.1) is 5.16 Å². The molecule has 0 aromatic heterocycles. The predicted octanol–water partition coefficient (Wildman–Crippen LogP) is 1.80. The molecule has 0 aliphatic carbocycles. The summed E-state index contributed by atoms with van der Waals surface area (Å²) < 4.78 is 0. The van der Waals surface area contributed by atoms with Gasteiger partial charge in [0.2, 0.25) is 0 Å². The van der Waals surface area contributed by atoms with Crippen LogP contribution in [0.1, 0.15) is 20.3 Å². The van der Waals surface area contributed by atoms with Crippen molar-refractivity contribution >= 4 is 6.21 Å². The van der Waals surface area contributed by atoms with Gasteiger partial charge in [0.1, 0.15) is 0 Å². The van der Waals surface area contributed by atoms with Gasteiger partial charge in [-0.3, -0.25) is 0 Å². The highest BCUT2D eigenvalue weighted by Crippen LogP contribution is 1.88. The van der Waals surface area contributed by atoms with Crippen molar-refractivity contribution < 1.29 is 5.21 Å². The molecule has 0 saturated carbocycles. The average Bonchev–Trinajstić information content (AvgIpc) is 1.66. The van der Waals surface area contributed by atoms with Gasteiger partial charge in [0, 0.05) is 12.6 Å². The summed E-state index contributed by atoms with van der Waals surface area (Å²) in [4.78, 5) is 0. The van der Waals surface area contributed by atoms with E-state index in [-0.39, 0.29) is 0 Å². The second-order valence-corrected chi connectivity index (χ2v) is 1.82. The molecule has 0 fully saturated rings. The molecule has 2 nitrogen and oxygen atoms in total. The van der Waals surface area contributed by atoms with Crippen LogP contribution >= 0.6 is 0 Å². The van der Waals surface area contributed by atoms with Gasteiger partial charge in [-0.25, -0.2) is 0 Å². The molecule has 2 heteroatoms. The summed E-state index contributed by atoms with van der Waals surface area (Å²) in [5, 5.41) is 10.8. The second kappa shape index (κ2) is 4.37. The van der Waals surface area contributed by atoms with Crippen LogP contribution < -0.4 is 0 Å². The van der Waals surface area contributed by atoms with Crippen molar-refractivity contribution in [3.05, 3.63) is 11.6 Å². The normalized spacial score (nSPS) is 9.75. The lowest BCUT2D eigenvalue weighted by molar-refractivity contribution is 0.321. The molecule has 0 bridgehead atoms. The Morgan fingerprint density at radius 3 is 2.62 bits per heavy atom. The molecule has 0 saturated heterocycles. The maximum absolute atomic E-state index is 7.92. The molecule has 0 unspecified atom stereocenters. The van der Waals surface area contributed by atoms with Gasteiger partial charge in [-0.2, -0.15) is 0 Å². The van der Waals surface area contributed by atoms with E-state index in [1.165, 1.54) is 11.8 Å². The maximum Gasteiger partial charge on any atom is 0.0473 e. The minimum absolute atomic E-state index is 0.721. The zero-order valence-corrected chi connectivity index (χ0v) is 5.26. The fourth-order valence-corrected chi connectivity index (χ4v) is 0.336. The Morgan fingerprint density at radius 2 is 2.25 bits per heavy atom. The molecule has 0 aromatic rings. The van der Waals surface area contributed by atoms with E-state index in [0.29, 0.717) is 0 Å². The Labute approximate surface area is 49.5 Å². The fourth-order valence-electron chi connectivity index (χ4n) is 0.336. The molecule has 0 atom stereocenters. The van der Waals surface area contributed by atoms with E-state index in [1.54, 1.807) is 0 Å². The molecule has 0 amide bonds. The molecule has 0 aromatic carbocycles. The van der Waals surface area contributed by atoms with Crippen molar-refractivity contribution in [1.82, 2.24) is 0 Å². The van der Waals surface area contributed by atoms with Crippen molar-refractivity contribution in [2.45, 2.75) is 20.3 Å². The molecule has 46 valence electrons. The van der Waals surface area contributed by atoms with Gasteiger partial charge in [0.25, 0.3) is 0 Å². The van der Waals surface area contributed by atoms with Crippen LogP contribution in [-0.4, -0.2) is 11.4 Å². The fraction of sp³-hybridized carbons (Fsp3) is 0.500. The number of oxime groups is 1. The van der Waals surface area contributed by atoms with Crippen LogP contribution in [0.15, 0.2) is 16.8 Å². The molecule has 8 heavy (non-hydrogen) atoms. The van der Waals surface area contributed by atoms with E-state index in [2.05, 4.69) is 5.16 Å². The first-order valence-corrected chi connectivity index (χ1v) is 2.56. The van der Waals surface area contributed by atoms with Crippen LogP contribution in [0.3, 0.4) is 0 Å². The molecule has 0 rings (SSSR count). The summed E-state index contributed by atoms with van der Waals surface area (Å²) in [5.74, 6) is 0. The van der Waals surface area contributed by atoms with Crippen molar-refractivity contribution in [3.63, 3.8) is 0 Å². The van der Waals surface area contributed by atoms with Gasteiger partial charge in [-0.1, -0.05) is 11.6 Å². The molecule has 0 radical (unpaired) electrons. The number of hydrogen-bond donors (Lipinski definition) is 1. The van der Waals surface area contributed by atoms with Crippen LogP contribution in [0, 0.1) is 0 Å². The SMILES string of the molecule is CC(C)=CCC=NO. The van der Waals surface area contributed by atoms with Crippen molar-refractivity contribution in [2.75, 3.05) is 0 Å². The first-order valence-electron chi connectivity index (χ1n) is 2.56. The second-order valence-electron chi connectivity index (χ2n) is 1.82. The van der Waals surface area contributed by atoms with E-state index < -0.39 is 0 Å². The summed E-state index contributed by atoms with van der Waals surface area (Å²) in [7, 11) is 0. The minimum Gasteiger partial charge on any atom is -0.411 e. The summed E-state index contributed by atoms with van der Waals surface area (Å²) >= 11 is 0. The zero-order chi connectivity index (χ0) is 6.41. The van der Waals surface area contributed by atoms with Crippen molar-refractivity contribution in [2.24, 2.45) is 5.16 Å². The largest absolute Gasteiger partial charge is 0.411 e. The Morgan fingerprint density at radius 1 is 1.62 bits per heavy atom. The van der Waals surface area contributed by atoms with E-state index in [4.69, 9.17) is 5.21 Å². The molecule has 0 aliphatic heterocycles. The Hall–Kier alpha value is -0.790. The Kier molecular flexibility index (Phi) is 3.94. The summed E-state index contributed by atoms with van der Waals surface area (Å²) in [6.07, 6.45) is 4.16. The third-order valence-electron chi connectivity index (χ3n) is 0.713. The molecule has 0 spiro atoms. The highest BCUT2D eigenvalue weighted by atomic mass is 16.4. The summed E-state index contributed by atoms with van der Waals surface area (Å²) in [6.45, 7) is 4.01. The predicted molar refractivity (Wildman–Crippen MR) is 34.3 cm³/mol. The van der Waals surface area contributed by atoms with E-state index in [9.17, 15) is 0 Å². The number of hydrogen-bond acceptors (Lipinski definition) is 2. The van der Waals surface area contributed by atoms with E-state index in [1.807, 2.05) is 19.9 Å². The maximum atomic E-state index is 7.92. The third-order valence-corrected chi connectivity index (χ3v) is 0.713. The monoisotopic (exact) mass is 113 g/mol. The van der Waals surface area contributed by atoms with Gasteiger partial charge in [0.15, 0.2) is 0 Å². The van der Waals surface area contributed by atoms with Crippen molar-refractivity contribution in [3.8, 4) is 0 Å². The lowest BCUT2D eigenvalue weighted by Crippen LogP contribution is -1.70. The molecular weight excluding hydrogens is 102 g/mol. The first kappa shape index (κ1) is 7.21. The number of nitrogens with zero attached hydrogens (tertiary/aromatic N) is 1. The lowest BCUT2D eigenvalue weighted by atomic mass is 10.3. The average molecular weight is 113 g/mol. The molecule has 1 N–H and O–H groups in total. The zero-order valence-electron chi connectivity index (χ0n) is 5.26. The van der Waals surface area contributed by atoms with Crippen LogP contribution in [0.25, 0.3) is 0 Å². The highest BCUT2D eigenvalue weighted by molar-refractivity contribution is 5.58. The summed E-state index contributed by atoms with van der Waals surface area (Å²) in [6, 6.07) is 0. The molecular formula is C6H11NO. The van der Waals surface area contributed by atoms with Crippen LogP contribution in [-0.2, 0) is 0 Å². The minimum atomic E-state index is 0.721. The van der Waals surface area contributed by atoms with Crippen LogP contribution in [0.4, 0.5) is 0 Å². The van der Waals surface area contributed by atoms with Gasteiger partial charge >= 0.3 is 0 Å². The van der Waals surface area contributed by atoms with Crippen LogP contribution in [0.2, 0.25) is 0 Å². The summed E-state index contributed by atoms with van der Waals surface area (Å²) in [5.41, 5.74) is 1.24. The highest BCUT2D eigenvalue weighted by Gasteiger charge is 1.72. The van der Waals surface area contributed by atoms with Gasteiger partial charge in [0.05, 0.1) is 0 Å². The number of allylic oxidation sites excluding steroid dienone is 2. The quantitative estimate of drug-likeness (QED) is 0.252. The first-order chi connectivity index (χ1) is 3.77. The van der Waals surface area contributed by atoms with E-state index >= 15 is 0 Å². The lowest BCUT2D eigenvalue weighted by Gasteiger charge is -1.82. The Balaban J connectivity index is 3.30. The Bertz CT molecular complexity index is 101. The van der Waals surface area contributed by atoms with Crippen LogP contribution in [0.5, 0.6) is 0 Å². The van der Waals surface area contributed by atoms with Gasteiger partial charge in [-0.05, 0) is 13.8 Å². The smallest absolute Gasteiger partial charge is 0.0473 e. The van der Waals surface area contributed by atoms with Gasteiger partial charge < -0.3 is 5.21 Å². The van der Waals surface area contributed by atoms with E-state index in [0.717, 1.165) is 6.42 Å². The standard InChI is InChI=1S/C6H11NO/c1-6(2)4-3-5-7-8/h4-5,8H,3H2,1-2H3.